The molecule has 0 radical (unpaired) electrons. The van der Waals surface area contributed by atoms with E-state index in [4.69, 9.17) is 0 Å². The van der Waals surface area contributed by atoms with Gasteiger partial charge in [-0.3, -0.25) is 0 Å². The topological polar surface area (TPSA) is 28.2 Å². The maximum Gasteiger partial charge on any atom is 0.125 e. The van der Waals surface area contributed by atoms with Crippen LogP contribution in [0.15, 0.2) is 22.8 Å². The summed E-state index contributed by atoms with van der Waals surface area (Å²) in [5, 5.41) is 3.36. The Bertz CT molecular complexity index is 320. The van der Waals surface area contributed by atoms with Gasteiger partial charge in [0.1, 0.15) is 5.82 Å². The Balaban J connectivity index is 2.47. The largest absolute Gasteiger partial charge is 0.369 e. The standard InChI is InChI=1S/C12H20BrN3/c1-12(2,9-16(3)4)8-15-11-6-5-10(13)7-14-11/h5-7H,8-9H2,1-4H3,(H,14,15). The van der Waals surface area contributed by atoms with Crippen molar-refractivity contribution in [3.05, 3.63) is 22.8 Å². The maximum atomic E-state index is 4.29. The van der Waals surface area contributed by atoms with Gasteiger partial charge in [0.05, 0.1) is 0 Å². The zero-order chi connectivity index (χ0) is 12.2. The molecular formula is C12H20BrN3. The smallest absolute Gasteiger partial charge is 0.125 e. The van der Waals surface area contributed by atoms with Gasteiger partial charge in [0.25, 0.3) is 0 Å². The van der Waals surface area contributed by atoms with Crippen LogP contribution in [0.2, 0.25) is 0 Å². The Morgan fingerprint density at radius 1 is 1.38 bits per heavy atom. The molecule has 1 aromatic rings. The van der Waals surface area contributed by atoms with Crippen molar-refractivity contribution >= 4 is 21.7 Å². The molecule has 0 aromatic carbocycles. The van der Waals surface area contributed by atoms with Gasteiger partial charge in [0.15, 0.2) is 0 Å². The van der Waals surface area contributed by atoms with Gasteiger partial charge in [-0.1, -0.05) is 13.8 Å². The fraction of sp³-hybridized carbons (Fsp3) is 0.583. The second-order valence-electron chi connectivity index (χ2n) is 5.12. The lowest BCUT2D eigenvalue weighted by Crippen LogP contribution is -2.34. The summed E-state index contributed by atoms with van der Waals surface area (Å²) in [4.78, 5) is 6.49. The van der Waals surface area contributed by atoms with Crippen molar-refractivity contribution in [1.82, 2.24) is 9.88 Å². The van der Waals surface area contributed by atoms with Crippen LogP contribution in [-0.4, -0.2) is 37.1 Å². The van der Waals surface area contributed by atoms with Gasteiger partial charge in [-0.2, -0.15) is 0 Å². The first kappa shape index (κ1) is 13.5. The zero-order valence-electron chi connectivity index (χ0n) is 10.4. The number of nitrogens with one attached hydrogen (secondary N) is 1. The molecule has 0 fully saturated rings. The van der Waals surface area contributed by atoms with E-state index in [9.17, 15) is 0 Å². The molecule has 3 nitrogen and oxygen atoms in total. The number of halogens is 1. The highest BCUT2D eigenvalue weighted by molar-refractivity contribution is 9.10. The van der Waals surface area contributed by atoms with Crippen molar-refractivity contribution in [2.45, 2.75) is 13.8 Å². The monoisotopic (exact) mass is 285 g/mol. The second kappa shape index (κ2) is 5.64. The Kier molecular flexibility index (Phi) is 4.74. The SMILES string of the molecule is CN(C)CC(C)(C)CNc1ccc(Br)cn1. The number of pyridine rings is 1. The highest BCUT2D eigenvalue weighted by Crippen LogP contribution is 2.17. The summed E-state index contributed by atoms with van der Waals surface area (Å²) >= 11 is 3.37. The van der Waals surface area contributed by atoms with E-state index in [0.717, 1.165) is 23.4 Å². The summed E-state index contributed by atoms with van der Waals surface area (Å²) in [6.07, 6.45) is 1.81. The first-order valence-corrected chi connectivity index (χ1v) is 6.18. The van der Waals surface area contributed by atoms with E-state index in [1.54, 1.807) is 6.20 Å². The van der Waals surface area contributed by atoms with Crippen LogP contribution in [-0.2, 0) is 0 Å². The molecule has 90 valence electrons. The molecule has 0 atom stereocenters. The van der Waals surface area contributed by atoms with Crippen LogP contribution in [0.5, 0.6) is 0 Å². The number of rotatable bonds is 5. The third-order valence-corrected chi connectivity index (χ3v) is 2.69. The fourth-order valence-electron chi connectivity index (χ4n) is 1.72. The van der Waals surface area contributed by atoms with Crippen molar-refractivity contribution in [2.75, 3.05) is 32.5 Å². The van der Waals surface area contributed by atoms with Gasteiger partial charge in [-0.05, 0) is 47.6 Å². The molecular weight excluding hydrogens is 266 g/mol. The fourth-order valence-corrected chi connectivity index (χ4v) is 1.96. The van der Waals surface area contributed by atoms with E-state index in [1.807, 2.05) is 12.1 Å². The van der Waals surface area contributed by atoms with Gasteiger partial charge in [-0.15, -0.1) is 0 Å². The first-order chi connectivity index (χ1) is 7.39. The van der Waals surface area contributed by atoms with Crippen molar-refractivity contribution in [3.8, 4) is 0 Å². The van der Waals surface area contributed by atoms with Crippen molar-refractivity contribution in [1.29, 1.82) is 0 Å². The van der Waals surface area contributed by atoms with Crippen LogP contribution >= 0.6 is 15.9 Å². The van der Waals surface area contributed by atoms with Crippen molar-refractivity contribution < 1.29 is 0 Å². The zero-order valence-corrected chi connectivity index (χ0v) is 12.0. The number of aromatic nitrogens is 1. The van der Waals surface area contributed by atoms with E-state index in [0.29, 0.717) is 0 Å². The molecule has 16 heavy (non-hydrogen) atoms. The van der Waals surface area contributed by atoms with Crippen LogP contribution in [0.1, 0.15) is 13.8 Å². The van der Waals surface area contributed by atoms with Crippen LogP contribution in [0.4, 0.5) is 5.82 Å². The summed E-state index contributed by atoms with van der Waals surface area (Å²) in [7, 11) is 4.19. The molecule has 0 unspecified atom stereocenters. The van der Waals surface area contributed by atoms with Crippen LogP contribution < -0.4 is 5.32 Å². The summed E-state index contributed by atoms with van der Waals surface area (Å²) in [5.74, 6) is 0.926. The van der Waals surface area contributed by atoms with E-state index in [-0.39, 0.29) is 5.41 Å². The molecule has 1 N–H and O–H groups in total. The molecule has 1 heterocycles. The lowest BCUT2D eigenvalue weighted by Gasteiger charge is -2.28. The average Bonchev–Trinajstić information content (AvgIpc) is 2.15. The minimum absolute atomic E-state index is 0.234. The quantitative estimate of drug-likeness (QED) is 0.902. The molecule has 0 saturated heterocycles. The molecule has 0 amide bonds. The third kappa shape index (κ3) is 4.94. The molecule has 0 spiro atoms. The normalized spacial score (nSPS) is 11.9. The van der Waals surface area contributed by atoms with Gasteiger partial charge in [-0.25, -0.2) is 4.98 Å². The summed E-state index contributed by atoms with van der Waals surface area (Å²) in [5.41, 5.74) is 0.234. The van der Waals surface area contributed by atoms with Gasteiger partial charge in [0.2, 0.25) is 0 Å². The second-order valence-corrected chi connectivity index (χ2v) is 6.03. The van der Waals surface area contributed by atoms with Crippen LogP contribution in [0.25, 0.3) is 0 Å². The van der Waals surface area contributed by atoms with Crippen molar-refractivity contribution in [2.24, 2.45) is 5.41 Å². The van der Waals surface area contributed by atoms with Crippen LogP contribution in [0.3, 0.4) is 0 Å². The van der Waals surface area contributed by atoms with E-state index < -0.39 is 0 Å². The number of hydrogen-bond donors (Lipinski definition) is 1. The predicted octanol–water partition coefficient (Wildman–Crippen LogP) is 2.84. The lowest BCUT2D eigenvalue weighted by atomic mass is 9.93. The van der Waals surface area contributed by atoms with Crippen molar-refractivity contribution in [3.63, 3.8) is 0 Å². The number of anilines is 1. The highest BCUT2D eigenvalue weighted by Gasteiger charge is 2.18. The minimum atomic E-state index is 0.234. The summed E-state index contributed by atoms with van der Waals surface area (Å²) < 4.78 is 1.01. The summed E-state index contributed by atoms with van der Waals surface area (Å²) in [6.45, 7) is 6.47. The Hall–Kier alpha value is -0.610. The van der Waals surface area contributed by atoms with Gasteiger partial charge < -0.3 is 10.2 Å². The predicted molar refractivity (Wildman–Crippen MR) is 72.8 cm³/mol. The summed E-state index contributed by atoms with van der Waals surface area (Å²) in [6, 6.07) is 3.98. The molecule has 0 aliphatic rings. The number of hydrogen-bond acceptors (Lipinski definition) is 3. The highest BCUT2D eigenvalue weighted by atomic mass is 79.9. The van der Waals surface area contributed by atoms with E-state index in [2.05, 4.69) is 59.1 Å². The molecule has 1 rings (SSSR count). The van der Waals surface area contributed by atoms with Gasteiger partial charge in [0, 0.05) is 23.8 Å². The Morgan fingerprint density at radius 3 is 2.56 bits per heavy atom. The lowest BCUT2D eigenvalue weighted by molar-refractivity contribution is 0.254. The Labute approximate surface area is 106 Å². The molecule has 1 aromatic heterocycles. The third-order valence-electron chi connectivity index (χ3n) is 2.22. The average molecular weight is 286 g/mol. The molecule has 0 saturated carbocycles. The minimum Gasteiger partial charge on any atom is -0.369 e. The van der Waals surface area contributed by atoms with Gasteiger partial charge >= 0.3 is 0 Å². The van der Waals surface area contributed by atoms with Crippen LogP contribution in [0, 0.1) is 5.41 Å². The van der Waals surface area contributed by atoms with E-state index >= 15 is 0 Å². The molecule has 0 bridgehead atoms. The van der Waals surface area contributed by atoms with E-state index in [1.165, 1.54) is 0 Å². The Morgan fingerprint density at radius 2 is 2.06 bits per heavy atom. The molecule has 0 aliphatic carbocycles. The first-order valence-electron chi connectivity index (χ1n) is 5.39. The molecule has 4 heteroatoms. The number of nitrogens with zero attached hydrogens (tertiary/aromatic N) is 2. The maximum absolute atomic E-state index is 4.29. The molecule has 0 aliphatic heterocycles.